The van der Waals surface area contributed by atoms with Crippen molar-refractivity contribution in [2.75, 3.05) is 17.7 Å². The third-order valence-corrected chi connectivity index (χ3v) is 2.67. The number of nitrogens with zero attached hydrogens (tertiary/aromatic N) is 3. The third-order valence-electron chi connectivity index (χ3n) is 2.67. The number of hydrogen-bond donors (Lipinski definition) is 2. The van der Waals surface area contributed by atoms with Crippen LogP contribution in [0.4, 0.5) is 11.6 Å². The van der Waals surface area contributed by atoms with Gasteiger partial charge in [0.1, 0.15) is 29.4 Å². The zero-order valence-electron chi connectivity index (χ0n) is 10.8. The summed E-state index contributed by atoms with van der Waals surface area (Å²) in [6, 6.07) is 1.82. The molecule has 96 valence electrons. The summed E-state index contributed by atoms with van der Waals surface area (Å²) in [5, 5.41) is 10.2. The van der Waals surface area contributed by atoms with Gasteiger partial charge < -0.3 is 15.2 Å². The lowest BCUT2D eigenvalue weighted by atomic mass is 10.3. The van der Waals surface area contributed by atoms with E-state index in [4.69, 9.17) is 4.52 Å². The number of nitrogens with one attached hydrogen (secondary N) is 2. The average molecular weight is 247 g/mol. The minimum absolute atomic E-state index is 0.584. The Labute approximate surface area is 106 Å². The summed E-state index contributed by atoms with van der Waals surface area (Å²) < 4.78 is 4.79. The highest BCUT2D eigenvalue weighted by atomic mass is 16.5. The van der Waals surface area contributed by atoms with Crippen molar-refractivity contribution in [3.63, 3.8) is 0 Å². The SMILES string of the molecule is CCc1nc(NC)c(C)c(NCc2ccon2)n1. The summed E-state index contributed by atoms with van der Waals surface area (Å²) >= 11 is 0. The Morgan fingerprint density at radius 1 is 1.28 bits per heavy atom. The van der Waals surface area contributed by atoms with Gasteiger partial charge in [-0.3, -0.25) is 0 Å². The molecule has 0 saturated heterocycles. The van der Waals surface area contributed by atoms with Crippen LogP contribution in [0.15, 0.2) is 16.9 Å². The maximum atomic E-state index is 4.79. The van der Waals surface area contributed by atoms with E-state index in [1.165, 1.54) is 0 Å². The molecule has 0 aromatic carbocycles. The Balaban J connectivity index is 2.20. The monoisotopic (exact) mass is 247 g/mol. The van der Waals surface area contributed by atoms with Gasteiger partial charge in [-0.15, -0.1) is 0 Å². The number of hydrogen-bond acceptors (Lipinski definition) is 6. The summed E-state index contributed by atoms with van der Waals surface area (Å²) in [4.78, 5) is 8.90. The minimum Gasteiger partial charge on any atom is -0.373 e. The van der Waals surface area contributed by atoms with Crippen molar-refractivity contribution in [1.82, 2.24) is 15.1 Å². The third kappa shape index (κ3) is 2.58. The molecule has 2 aromatic rings. The van der Waals surface area contributed by atoms with Gasteiger partial charge in [-0.2, -0.15) is 0 Å². The molecule has 0 spiro atoms. The van der Waals surface area contributed by atoms with E-state index in [1.807, 2.05) is 27.0 Å². The normalized spacial score (nSPS) is 10.4. The molecule has 0 unspecified atom stereocenters. The van der Waals surface area contributed by atoms with Crippen LogP contribution in [0.1, 0.15) is 24.0 Å². The molecule has 0 fully saturated rings. The van der Waals surface area contributed by atoms with Crippen molar-refractivity contribution in [2.24, 2.45) is 0 Å². The van der Waals surface area contributed by atoms with E-state index in [0.717, 1.165) is 35.1 Å². The Bertz CT molecular complexity index is 509. The van der Waals surface area contributed by atoms with Crippen LogP contribution in [-0.2, 0) is 13.0 Å². The summed E-state index contributed by atoms with van der Waals surface area (Å²) in [5.41, 5.74) is 1.84. The number of aryl methyl sites for hydroxylation is 1. The number of aromatic nitrogens is 3. The molecule has 2 rings (SSSR count). The Morgan fingerprint density at radius 2 is 2.06 bits per heavy atom. The molecule has 6 nitrogen and oxygen atoms in total. The first kappa shape index (κ1) is 12.3. The second-order valence-corrected chi connectivity index (χ2v) is 3.91. The zero-order chi connectivity index (χ0) is 13.0. The molecule has 2 aromatic heterocycles. The fourth-order valence-corrected chi connectivity index (χ4v) is 1.64. The average Bonchev–Trinajstić information content (AvgIpc) is 2.90. The molecule has 0 aliphatic rings. The van der Waals surface area contributed by atoms with Crippen molar-refractivity contribution in [3.8, 4) is 0 Å². The molecule has 0 saturated carbocycles. The molecule has 2 N–H and O–H groups in total. The van der Waals surface area contributed by atoms with E-state index < -0.39 is 0 Å². The fraction of sp³-hybridized carbons (Fsp3) is 0.417. The zero-order valence-corrected chi connectivity index (χ0v) is 10.8. The summed E-state index contributed by atoms with van der Waals surface area (Å²) in [7, 11) is 1.86. The van der Waals surface area contributed by atoms with E-state index in [2.05, 4.69) is 25.8 Å². The summed E-state index contributed by atoms with van der Waals surface area (Å²) in [6.45, 7) is 4.60. The molecule has 6 heteroatoms. The van der Waals surface area contributed by atoms with Gasteiger partial charge in [0.25, 0.3) is 0 Å². The summed E-state index contributed by atoms with van der Waals surface area (Å²) in [5.74, 6) is 2.49. The molecule has 0 amide bonds. The Morgan fingerprint density at radius 3 is 2.67 bits per heavy atom. The molecule has 0 aliphatic heterocycles. The molecule has 0 atom stereocenters. The quantitative estimate of drug-likeness (QED) is 0.841. The van der Waals surface area contributed by atoms with Crippen LogP contribution >= 0.6 is 0 Å². The van der Waals surface area contributed by atoms with E-state index in [-0.39, 0.29) is 0 Å². The van der Waals surface area contributed by atoms with Crippen molar-refractivity contribution in [3.05, 3.63) is 29.4 Å². The van der Waals surface area contributed by atoms with Gasteiger partial charge in [0.15, 0.2) is 0 Å². The lowest BCUT2D eigenvalue weighted by Gasteiger charge is -2.12. The van der Waals surface area contributed by atoms with Crippen LogP contribution in [0.5, 0.6) is 0 Å². The predicted octanol–water partition coefficient (Wildman–Crippen LogP) is 1.99. The van der Waals surface area contributed by atoms with Crippen LogP contribution in [0.2, 0.25) is 0 Å². The van der Waals surface area contributed by atoms with Crippen molar-refractivity contribution >= 4 is 11.6 Å². The van der Waals surface area contributed by atoms with Gasteiger partial charge in [-0.25, -0.2) is 9.97 Å². The van der Waals surface area contributed by atoms with Crippen LogP contribution in [0.25, 0.3) is 0 Å². The van der Waals surface area contributed by atoms with Crippen LogP contribution < -0.4 is 10.6 Å². The molecule has 18 heavy (non-hydrogen) atoms. The van der Waals surface area contributed by atoms with Crippen molar-refractivity contribution in [2.45, 2.75) is 26.8 Å². The molecule has 2 heterocycles. The first-order valence-electron chi connectivity index (χ1n) is 5.93. The van der Waals surface area contributed by atoms with Gasteiger partial charge in [0.2, 0.25) is 0 Å². The number of rotatable bonds is 5. The van der Waals surface area contributed by atoms with E-state index in [0.29, 0.717) is 6.54 Å². The lowest BCUT2D eigenvalue weighted by Crippen LogP contribution is -2.09. The maximum Gasteiger partial charge on any atom is 0.135 e. The highest BCUT2D eigenvalue weighted by Gasteiger charge is 2.09. The largest absolute Gasteiger partial charge is 0.373 e. The molecular formula is C12H17N5O. The lowest BCUT2D eigenvalue weighted by molar-refractivity contribution is 0.412. The standard InChI is InChI=1S/C12H17N5O/c1-4-10-15-11(13-3)8(2)12(16-10)14-7-9-5-6-18-17-9/h5-6H,4,7H2,1-3H3,(H2,13,14,15,16). The van der Waals surface area contributed by atoms with Crippen LogP contribution in [-0.4, -0.2) is 22.2 Å². The smallest absolute Gasteiger partial charge is 0.135 e. The summed E-state index contributed by atoms with van der Waals surface area (Å²) in [6.07, 6.45) is 2.36. The van der Waals surface area contributed by atoms with Gasteiger partial charge in [-0.05, 0) is 6.92 Å². The second kappa shape index (κ2) is 5.48. The maximum absolute atomic E-state index is 4.79. The highest BCUT2D eigenvalue weighted by Crippen LogP contribution is 2.20. The highest BCUT2D eigenvalue weighted by molar-refractivity contribution is 5.57. The van der Waals surface area contributed by atoms with Crippen molar-refractivity contribution < 1.29 is 4.52 Å². The Kier molecular flexibility index (Phi) is 3.76. The van der Waals surface area contributed by atoms with Gasteiger partial charge >= 0.3 is 0 Å². The first-order valence-corrected chi connectivity index (χ1v) is 5.93. The fourth-order valence-electron chi connectivity index (χ4n) is 1.64. The van der Waals surface area contributed by atoms with Crippen LogP contribution in [0.3, 0.4) is 0 Å². The van der Waals surface area contributed by atoms with E-state index in [9.17, 15) is 0 Å². The van der Waals surface area contributed by atoms with Gasteiger partial charge in [0, 0.05) is 25.1 Å². The van der Waals surface area contributed by atoms with E-state index in [1.54, 1.807) is 6.26 Å². The van der Waals surface area contributed by atoms with E-state index >= 15 is 0 Å². The molecule has 0 radical (unpaired) electrons. The predicted molar refractivity (Wildman–Crippen MR) is 69.5 cm³/mol. The minimum atomic E-state index is 0.584. The van der Waals surface area contributed by atoms with Crippen LogP contribution in [0, 0.1) is 6.92 Å². The van der Waals surface area contributed by atoms with Crippen molar-refractivity contribution in [1.29, 1.82) is 0 Å². The number of anilines is 2. The Hall–Kier alpha value is -2.11. The second-order valence-electron chi connectivity index (χ2n) is 3.91. The molecule has 0 bridgehead atoms. The van der Waals surface area contributed by atoms with Gasteiger partial charge in [-0.1, -0.05) is 12.1 Å². The topological polar surface area (TPSA) is 75.9 Å². The van der Waals surface area contributed by atoms with Gasteiger partial charge in [0.05, 0.1) is 6.54 Å². The molecule has 0 aliphatic carbocycles. The molecular weight excluding hydrogens is 230 g/mol. The first-order chi connectivity index (χ1) is 8.74.